The number of nitrogens with two attached hydrogens (primary N) is 1. The fraction of sp³-hybridized carbons (Fsp3) is 0.533. The number of unbranched alkanes of at least 4 members (excludes halogenated alkanes) is 5. The first-order valence-electron chi connectivity index (χ1n) is 6.55. The number of hydrogen-bond donors (Lipinski definition) is 1. The monoisotopic (exact) mass is 235 g/mol. The summed E-state index contributed by atoms with van der Waals surface area (Å²) in [6.45, 7) is 2.24. The number of amides is 1. The molecule has 0 aliphatic carbocycles. The average Bonchev–Trinajstić information content (AvgIpc) is 2.30. The smallest absolute Gasteiger partial charge is 0.241 e. The predicted molar refractivity (Wildman–Crippen MR) is 74.6 cm³/mol. The van der Waals surface area contributed by atoms with Gasteiger partial charge in [0.2, 0.25) is 5.91 Å². The lowest BCUT2D eigenvalue weighted by molar-refractivity contribution is -0.113. The SMILES string of the molecule is CCCCCCCC=CCC=CC=CC(N)=O. The second-order valence-corrected chi connectivity index (χ2v) is 4.10. The Bertz CT molecular complexity index is 264. The van der Waals surface area contributed by atoms with E-state index >= 15 is 0 Å². The summed E-state index contributed by atoms with van der Waals surface area (Å²) < 4.78 is 0. The first-order valence-corrected chi connectivity index (χ1v) is 6.55. The van der Waals surface area contributed by atoms with Crippen molar-refractivity contribution in [2.45, 2.75) is 51.9 Å². The molecular formula is C15H25NO. The highest BCUT2D eigenvalue weighted by atomic mass is 16.1. The van der Waals surface area contributed by atoms with E-state index in [1.807, 2.05) is 12.2 Å². The number of carbonyl (C=O) groups is 1. The fourth-order valence-corrected chi connectivity index (χ4v) is 1.47. The van der Waals surface area contributed by atoms with Crippen LogP contribution in [-0.4, -0.2) is 5.91 Å². The number of carbonyl (C=O) groups excluding carboxylic acids is 1. The van der Waals surface area contributed by atoms with Gasteiger partial charge in [-0.25, -0.2) is 0 Å². The van der Waals surface area contributed by atoms with Crippen LogP contribution >= 0.6 is 0 Å². The average molecular weight is 235 g/mol. The van der Waals surface area contributed by atoms with Crippen molar-refractivity contribution in [3.63, 3.8) is 0 Å². The molecule has 0 unspecified atom stereocenters. The summed E-state index contributed by atoms with van der Waals surface area (Å²) in [4.78, 5) is 10.4. The number of rotatable bonds is 10. The Labute approximate surface area is 105 Å². The maximum atomic E-state index is 10.4. The van der Waals surface area contributed by atoms with Gasteiger partial charge >= 0.3 is 0 Å². The molecule has 2 N–H and O–H groups in total. The molecule has 2 heteroatoms. The molecule has 0 spiro atoms. The summed E-state index contributed by atoms with van der Waals surface area (Å²) in [6, 6.07) is 0. The number of primary amides is 1. The van der Waals surface area contributed by atoms with E-state index in [4.69, 9.17) is 5.73 Å². The van der Waals surface area contributed by atoms with Crippen LogP contribution in [0.15, 0.2) is 36.5 Å². The van der Waals surface area contributed by atoms with Crippen LogP contribution in [0.25, 0.3) is 0 Å². The standard InChI is InChI=1S/C15H25NO/c1-2-3-4-5-6-7-8-9-10-11-12-13-14-15(16)17/h8-9,11-14H,2-7,10H2,1H3,(H2,16,17). The van der Waals surface area contributed by atoms with E-state index in [-0.39, 0.29) is 0 Å². The zero-order chi connectivity index (χ0) is 12.8. The van der Waals surface area contributed by atoms with Crippen molar-refractivity contribution in [3.8, 4) is 0 Å². The third kappa shape index (κ3) is 14.7. The Hall–Kier alpha value is -1.31. The van der Waals surface area contributed by atoms with Gasteiger partial charge in [0, 0.05) is 6.08 Å². The molecule has 1 amide bonds. The van der Waals surface area contributed by atoms with Crippen LogP contribution in [0.2, 0.25) is 0 Å². The fourth-order valence-electron chi connectivity index (χ4n) is 1.47. The minimum atomic E-state index is -0.405. The van der Waals surface area contributed by atoms with E-state index in [9.17, 15) is 4.79 Å². The summed E-state index contributed by atoms with van der Waals surface area (Å²) in [7, 11) is 0. The van der Waals surface area contributed by atoms with Gasteiger partial charge in [-0.2, -0.15) is 0 Å². The molecule has 0 rings (SSSR count). The Morgan fingerprint density at radius 3 is 2.47 bits per heavy atom. The molecule has 2 nitrogen and oxygen atoms in total. The third-order valence-electron chi connectivity index (χ3n) is 2.42. The molecule has 96 valence electrons. The lowest BCUT2D eigenvalue weighted by Gasteiger charge is -1.95. The molecule has 17 heavy (non-hydrogen) atoms. The van der Waals surface area contributed by atoms with Crippen LogP contribution < -0.4 is 5.73 Å². The zero-order valence-corrected chi connectivity index (χ0v) is 10.9. The Kier molecular flexibility index (Phi) is 11.8. The van der Waals surface area contributed by atoms with Crippen molar-refractivity contribution in [1.82, 2.24) is 0 Å². The highest BCUT2D eigenvalue weighted by Gasteiger charge is 1.85. The van der Waals surface area contributed by atoms with Gasteiger partial charge in [-0.1, -0.05) is 63.0 Å². The van der Waals surface area contributed by atoms with Gasteiger partial charge in [-0.15, -0.1) is 0 Å². The van der Waals surface area contributed by atoms with Crippen LogP contribution in [0, 0.1) is 0 Å². The van der Waals surface area contributed by atoms with Crippen molar-refractivity contribution >= 4 is 5.91 Å². The molecular weight excluding hydrogens is 210 g/mol. The molecule has 0 saturated carbocycles. The lowest BCUT2D eigenvalue weighted by atomic mass is 10.1. The van der Waals surface area contributed by atoms with Gasteiger partial charge in [0.25, 0.3) is 0 Å². The van der Waals surface area contributed by atoms with E-state index in [2.05, 4.69) is 19.1 Å². The van der Waals surface area contributed by atoms with Crippen molar-refractivity contribution in [2.75, 3.05) is 0 Å². The maximum absolute atomic E-state index is 10.4. The molecule has 0 heterocycles. The Morgan fingerprint density at radius 2 is 1.76 bits per heavy atom. The van der Waals surface area contributed by atoms with Gasteiger partial charge < -0.3 is 5.73 Å². The van der Waals surface area contributed by atoms with Gasteiger partial charge in [-0.3, -0.25) is 4.79 Å². The number of allylic oxidation sites excluding steroid dienone is 5. The van der Waals surface area contributed by atoms with E-state index < -0.39 is 5.91 Å². The van der Waals surface area contributed by atoms with Gasteiger partial charge in [-0.05, 0) is 19.3 Å². The summed E-state index contributed by atoms with van der Waals surface area (Å²) in [5, 5.41) is 0. The minimum Gasteiger partial charge on any atom is -0.366 e. The first kappa shape index (κ1) is 15.7. The van der Waals surface area contributed by atoms with E-state index in [0.717, 1.165) is 6.42 Å². The topological polar surface area (TPSA) is 43.1 Å². The van der Waals surface area contributed by atoms with Crippen molar-refractivity contribution in [2.24, 2.45) is 5.73 Å². The van der Waals surface area contributed by atoms with Gasteiger partial charge in [0.05, 0.1) is 0 Å². The summed E-state index contributed by atoms with van der Waals surface area (Å²) in [5.74, 6) is -0.405. The highest BCUT2D eigenvalue weighted by molar-refractivity contribution is 5.85. The lowest BCUT2D eigenvalue weighted by Crippen LogP contribution is -2.04. The van der Waals surface area contributed by atoms with Crippen molar-refractivity contribution < 1.29 is 4.79 Å². The normalized spacial score (nSPS) is 12.1. The van der Waals surface area contributed by atoms with E-state index in [1.165, 1.54) is 44.6 Å². The molecule has 0 fully saturated rings. The molecule has 0 saturated heterocycles. The van der Waals surface area contributed by atoms with Crippen LogP contribution in [-0.2, 0) is 4.79 Å². The first-order chi connectivity index (χ1) is 8.27. The number of hydrogen-bond acceptors (Lipinski definition) is 1. The Morgan fingerprint density at radius 1 is 1.00 bits per heavy atom. The van der Waals surface area contributed by atoms with E-state index in [1.54, 1.807) is 6.08 Å². The van der Waals surface area contributed by atoms with Crippen molar-refractivity contribution in [3.05, 3.63) is 36.5 Å². The second-order valence-electron chi connectivity index (χ2n) is 4.10. The third-order valence-corrected chi connectivity index (χ3v) is 2.42. The molecule has 0 aromatic heterocycles. The predicted octanol–water partition coefficient (Wildman–Crippen LogP) is 3.89. The molecule has 0 radical (unpaired) electrons. The van der Waals surface area contributed by atoms with Gasteiger partial charge in [0.1, 0.15) is 0 Å². The van der Waals surface area contributed by atoms with Crippen molar-refractivity contribution in [1.29, 1.82) is 0 Å². The van der Waals surface area contributed by atoms with Crippen LogP contribution in [0.1, 0.15) is 51.9 Å². The largest absolute Gasteiger partial charge is 0.366 e. The molecule has 0 bridgehead atoms. The molecule has 0 aromatic carbocycles. The van der Waals surface area contributed by atoms with E-state index in [0.29, 0.717) is 0 Å². The quantitative estimate of drug-likeness (QED) is 0.265. The highest BCUT2D eigenvalue weighted by Crippen LogP contribution is 2.05. The second kappa shape index (κ2) is 12.8. The van der Waals surface area contributed by atoms with Crippen LogP contribution in [0.4, 0.5) is 0 Å². The van der Waals surface area contributed by atoms with Gasteiger partial charge in [0.15, 0.2) is 0 Å². The molecule has 0 aliphatic rings. The maximum Gasteiger partial charge on any atom is 0.241 e. The molecule has 0 atom stereocenters. The molecule has 0 aliphatic heterocycles. The molecule has 0 aromatic rings. The zero-order valence-electron chi connectivity index (χ0n) is 10.9. The van der Waals surface area contributed by atoms with Crippen LogP contribution in [0.3, 0.4) is 0 Å². The minimum absolute atomic E-state index is 0.405. The summed E-state index contributed by atoms with van der Waals surface area (Å²) >= 11 is 0. The Balaban J connectivity index is 3.33. The summed E-state index contributed by atoms with van der Waals surface area (Å²) in [5.41, 5.74) is 4.95. The van der Waals surface area contributed by atoms with Crippen LogP contribution in [0.5, 0.6) is 0 Å². The summed E-state index contributed by atoms with van der Waals surface area (Å²) in [6.07, 6.45) is 20.0.